The minimum Gasteiger partial charge on any atom is -0.349 e. The Balaban J connectivity index is 0.00000274. The van der Waals surface area contributed by atoms with Gasteiger partial charge in [0, 0.05) is 47.1 Å². The molecule has 0 atom stereocenters. The lowest BCUT2D eigenvalue weighted by molar-refractivity contribution is 0.0920. The van der Waals surface area contributed by atoms with Crippen molar-refractivity contribution < 1.29 is 4.79 Å². The number of nitrogens with zero attached hydrogens (tertiary/aromatic N) is 2. The average molecular weight is 541 g/mol. The summed E-state index contributed by atoms with van der Waals surface area (Å²) < 4.78 is 1.17. The minimum absolute atomic E-state index is 0. The van der Waals surface area contributed by atoms with Crippen molar-refractivity contribution in [2.45, 2.75) is 51.2 Å². The summed E-state index contributed by atoms with van der Waals surface area (Å²) in [4.78, 5) is 19.6. The van der Waals surface area contributed by atoms with Crippen LogP contribution in [0.4, 0.5) is 0 Å². The molecule has 2 heterocycles. The van der Waals surface area contributed by atoms with E-state index in [2.05, 4.69) is 49.3 Å². The van der Waals surface area contributed by atoms with Crippen molar-refractivity contribution in [3.8, 4) is 11.1 Å². The summed E-state index contributed by atoms with van der Waals surface area (Å²) in [5.41, 5.74) is 5.71. The predicted molar refractivity (Wildman–Crippen MR) is 143 cm³/mol. The second-order valence-electron chi connectivity index (χ2n) is 9.43. The summed E-state index contributed by atoms with van der Waals surface area (Å²) in [5, 5.41) is 3.28. The molecule has 4 nitrogen and oxygen atoms in total. The smallest absolute Gasteiger partial charge is 0.251 e. The number of carbonyl (C=O) groups excluding carboxylic acids is 1. The highest BCUT2D eigenvalue weighted by Crippen LogP contribution is 2.30. The van der Waals surface area contributed by atoms with Crippen LogP contribution in [0.25, 0.3) is 11.1 Å². The Morgan fingerprint density at radius 2 is 1.76 bits per heavy atom. The second-order valence-corrected chi connectivity index (χ2v) is 10.3. The molecule has 0 unspecified atom stereocenters. The van der Waals surface area contributed by atoms with Gasteiger partial charge in [0.2, 0.25) is 0 Å². The number of hydrogen-bond donors (Lipinski definition) is 1. The molecule has 1 fully saturated rings. The molecule has 178 valence electrons. The van der Waals surface area contributed by atoms with Crippen molar-refractivity contribution in [2.24, 2.45) is 5.92 Å². The lowest BCUT2D eigenvalue weighted by atomic mass is 9.84. The maximum atomic E-state index is 12.9. The fourth-order valence-corrected chi connectivity index (χ4v) is 5.60. The van der Waals surface area contributed by atoms with E-state index in [1.807, 2.05) is 42.6 Å². The summed E-state index contributed by atoms with van der Waals surface area (Å²) in [6.07, 6.45) is 9.40. The van der Waals surface area contributed by atoms with Gasteiger partial charge in [0.15, 0.2) is 0 Å². The van der Waals surface area contributed by atoms with Crippen LogP contribution in [0.2, 0.25) is 0 Å². The lowest BCUT2D eigenvalue weighted by Crippen LogP contribution is -2.38. The fraction of sp³-hybridized carbons (Fsp3) is 0.357. The van der Waals surface area contributed by atoms with Crippen molar-refractivity contribution in [3.05, 3.63) is 88.2 Å². The number of carbonyl (C=O) groups is 1. The van der Waals surface area contributed by atoms with Crippen molar-refractivity contribution in [3.63, 3.8) is 0 Å². The maximum absolute atomic E-state index is 12.9. The summed E-state index contributed by atoms with van der Waals surface area (Å²) in [6.45, 7) is 3.31. The largest absolute Gasteiger partial charge is 0.349 e. The van der Waals surface area contributed by atoms with Crippen LogP contribution >= 0.6 is 28.3 Å². The van der Waals surface area contributed by atoms with Gasteiger partial charge in [-0.2, -0.15) is 0 Å². The normalized spacial score (nSPS) is 19.8. The number of halogens is 2. The molecule has 5 rings (SSSR count). The molecule has 1 amide bonds. The number of rotatable bonds is 6. The van der Waals surface area contributed by atoms with Crippen LogP contribution in [-0.4, -0.2) is 28.4 Å². The highest BCUT2D eigenvalue weighted by Gasteiger charge is 2.25. The zero-order chi connectivity index (χ0) is 22.6. The lowest BCUT2D eigenvalue weighted by Gasteiger charge is -2.30. The van der Waals surface area contributed by atoms with Crippen molar-refractivity contribution in [1.29, 1.82) is 0 Å². The van der Waals surface area contributed by atoms with Crippen LogP contribution < -0.4 is 5.32 Å². The molecule has 1 aromatic heterocycles. The Labute approximate surface area is 216 Å². The molecular weight excluding hydrogens is 510 g/mol. The van der Waals surface area contributed by atoms with Gasteiger partial charge in [0.1, 0.15) is 0 Å². The Bertz CT molecular complexity index is 1120. The van der Waals surface area contributed by atoms with Gasteiger partial charge in [-0.25, -0.2) is 0 Å². The third-order valence-corrected chi connectivity index (χ3v) is 7.60. The molecule has 2 aliphatic rings. The molecule has 1 aliphatic heterocycles. The molecule has 0 spiro atoms. The monoisotopic (exact) mass is 539 g/mol. The van der Waals surface area contributed by atoms with Crippen LogP contribution in [0.1, 0.15) is 53.6 Å². The third kappa shape index (κ3) is 6.07. The van der Waals surface area contributed by atoms with Gasteiger partial charge in [-0.15, -0.1) is 12.4 Å². The summed E-state index contributed by atoms with van der Waals surface area (Å²) in [7, 11) is 0. The van der Waals surface area contributed by atoms with Gasteiger partial charge in [-0.05, 0) is 91.6 Å². The van der Waals surface area contributed by atoms with E-state index in [4.69, 9.17) is 0 Å². The maximum Gasteiger partial charge on any atom is 0.251 e. The number of amides is 1. The van der Waals surface area contributed by atoms with E-state index in [1.165, 1.54) is 34.9 Å². The number of aromatic nitrogens is 1. The molecule has 1 saturated carbocycles. The Hall–Kier alpha value is -2.21. The molecule has 2 aromatic carbocycles. The molecule has 3 aromatic rings. The van der Waals surface area contributed by atoms with Crippen LogP contribution in [0.3, 0.4) is 0 Å². The minimum atomic E-state index is 0. The number of pyridine rings is 1. The van der Waals surface area contributed by atoms with E-state index in [0.717, 1.165) is 55.1 Å². The van der Waals surface area contributed by atoms with Gasteiger partial charge in [0.25, 0.3) is 5.91 Å². The van der Waals surface area contributed by atoms with Gasteiger partial charge in [-0.1, -0.05) is 40.2 Å². The molecule has 6 heteroatoms. The number of fused-ring (bicyclic) bond motifs is 1. The zero-order valence-corrected chi connectivity index (χ0v) is 21.7. The zero-order valence-electron chi connectivity index (χ0n) is 19.3. The summed E-state index contributed by atoms with van der Waals surface area (Å²) in [6, 6.07) is 18.7. The molecular formula is C28H31BrClN3O. The summed E-state index contributed by atoms with van der Waals surface area (Å²) >= 11 is 3.59. The van der Waals surface area contributed by atoms with Gasteiger partial charge < -0.3 is 5.32 Å². The first-order chi connectivity index (χ1) is 16.1. The van der Waals surface area contributed by atoms with E-state index in [-0.39, 0.29) is 24.4 Å². The van der Waals surface area contributed by atoms with Gasteiger partial charge in [-0.3, -0.25) is 14.7 Å². The van der Waals surface area contributed by atoms with Crippen LogP contribution in [-0.2, 0) is 13.1 Å². The first kappa shape index (κ1) is 24.9. The van der Waals surface area contributed by atoms with E-state index >= 15 is 0 Å². The number of benzene rings is 2. The highest BCUT2D eigenvalue weighted by atomic mass is 79.9. The molecule has 0 saturated heterocycles. The van der Waals surface area contributed by atoms with Crippen LogP contribution in [0.5, 0.6) is 0 Å². The van der Waals surface area contributed by atoms with Gasteiger partial charge >= 0.3 is 0 Å². The van der Waals surface area contributed by atoms with Crippen LogP contribution in [0.15, 0.2) is 71.5 Å². The fourth-order valence-electron chi connectivity index (χ4n) is 5.19. The van der Waals surface area contributed by atoms with Crippen LogP contribution in [0, 0.1) is 5.92 Å². The third-order valence-electron chi connectivity index (χ3n) is 7.11. The standard InChI is InChI=1S/C28H30BrN3O.ClH/c29-26-9-8-24-18-32(19-25(24)16-26)14-12-20-6-10-27(11-7-20)31-28(33)22-4-1-3-21(15-22)23-5-2-13-30-17-23;/h1-5,8-9,13,15-17,20,27H,6-7,10-12,14,18-19H2,(H,31,33);1H. The molecule has 1 aliphatic carbocycles. The van der Waals surface area contributed by atoms with Crippen molar-refractivity contribution >= 4 is 34.2 Å². The van der Waals surface area contributed by atoms with E-state index in [0.29, 0.717) is 0 Å². The molecule has 1 N–H and O–H groups in total. The molecule has 34 heavy (non-hydrogen) atoms. The topological polar surface area (TPSA) is 45.2 Å². The van der Waals surface area contributed by atoms with Gasteiger partial charge in [0.05, 0.1) is 0 Å². The second kappa shape index (κ2) is 11.5. The van der Waals surface area contributed by atoms with E-state index in [1.54, 1.807) is 6.20 Å². The quantitative estimate of drug-likeness (QED) is 0.382. The summed E-state index contributed by atoms with van der Waals surface area (Å²) in [5.74, 6) is 0.799. The predicted octanol–water partition coefficient (Wildman–Crippen LogP) is 6.63. The molecule has 0 bridgehead atoms. The molecule has 0 radical (unpaired) electrons. The Morgan fingerprint density at radius 3 is 2.56 bits per heavy atom. The Kier molecular flexibility index (Phi) is 8.41. The Morgan fingerprint density at radius 1 is 0.971 bits per heavy atom. The SMILES string of the molecule is Cl.O=C(NC1CCC(CCN2Cc3ccc(Br)cc3C2)CC1)c1cccc(-c2cccnc2)c1. The average Bonchev–Trinajstić information content (AvgIpc) is 3.26. The van der Waals surface area contributed by atoms with Crippen molar-refractivity contribution in [2.75, 3.05) is 6.54 Å². The first-order valence-corrected chi connectivity index (χ1v) is 12.7. The first-order valence-electron chi connectivity index (χ1n) is 11.9. The van der Waals surface area contributed by atoms with Crippen molar-refractivity contribution in [1.82, 2.24) is 15.2 Å². The number of hydrogen-bond acceptors (Lipinski definition) is 3. The van der Waals surface area contributed by atoms with E-state index in [9.17, 15) is 4.79 Å². The highest BCUT2D eigenvalue weighted by molar-refractivity contribution is 9.10. The number of nitrogens with one attached hydrogen (secondary N) is 1. The van der Waals surface area contributed by atoms with E-state index < -0.39 is 0 Å².